The van der Waals surface area contributed by atoms with Gasteiger partial charge in [-0.25, -0.2) is 0 Å². The minimum Gasteiger partial charge on any atom is -0.497 e. The van der Waals surface area contributed by atoms with Crippen LogP contribution < -0.4 is 9.47 Å². The van der Waals surface area contributed by atoms with E-state index in [2.05, 4.69) is 43.4 Å². The third-order valence-electron chi connectivity index (χ3n) is 4.10. The van der Waals surface area contributed by atoms with Crippen LogP contribution in [0.2, 0.25) is 13.1 Å². The molecule has 0 aliphatic rings. The van der Waals surface area contributed by atoms with Gasteiger partial charge in [0.05, 0.1) is 20.8 Å². The molecule has 0 spiro atoms. The first-order chi connectivity index (χ1) is 12.6. The molecule has 0 bridgehead atoms. The van der Waals surface area contributed by atoms with Gasteiger partial charge in [0, 0.05) is 15.3 Å². The molecule has 0 radical (unpaired) electrons. The van der Waals surface area contributed by atoms with Crippen LogP contribution in [0, 0.1) is 0 Å². The van der Waals surface area contributed by atoms with Crippen molar-refractivity contribution in [3.8, 4) is 33.1 Å². The Labute approximate surface area is 160 Å². The van der Waals surface area contributed by atoms with E-state index in [-0.39, 0.29) is 0 Å². The van der Waals surface area contributed by atoms with Crippen molar-refractivity contribution in [1.29, 1.82) is 0 Å². The molecule has 0 fully saturated rings. The summed E-state index contributed by atoms with van der Waals surface area (Å²) in [5.74, 6) is 1.73. The molecule has 0 saturated carbocycles. The first-order valence-electron chi connectivity index (χ1n) is 8.64. The Morgan fingerprint density at radius 1 is 0.808 bits per heavy atom. The standard InChI is InChI=1S/C21H24O3SSi/c1-22-17-9-5-15(6-10-17)20-13-19(14-24-26(3)4)25-21(20)16-7-11-18(23-2)12-8-16/h5-13,26H,14H2,1-4H3. The fraction of sp³-hybridized carbons (Fsp3) is 0.238. The summed E-state index contributed by atoms with van der Waals surface area (Å²) in [6, 6.07) is 18.7. The van der Waals surface area contributed by atoms with Gasteiger partial charge in [-0.15, -0.1) is 11.3 Å². The van der Waals surface area contributed by atoms with Crippen molar-refractivity contribution in [2.24, 2.45) is 0 Å². The number of benzene rings is 2. The summed E-state index contributed by atoms with van der Waals surface area (Å²) in [6.45, 7) is 5.08. The van der Waals surface area contributed by atoms with Crippen molar-refractivity contribution in [3.05, 3.63) is 59.5 Å². The average Bonchev–Trinajstić information content (AvgIpc) is 3.11. The quantitative estimate of drug-likeness (QED) is 0.496. The van der Waals surface area contributed by atoms with Crippen molar-refractivity contribution in [1.82, 2.24) is 0 Å². The summed E-state index contributed by atoms with van der Waals surface area (Å²) in [4.78, 5) is 2.50. The molecule has 136 valence electrons. The Hall–Kier alpha value is -2.08. The second-order valence-corrected chi connectivity index (χ2v) is 9.84. The SMILES string of the molecule is COc1ccc(-c2cc(CO[SiH](C)C)sc2-c2ccc(OC)cc2)cc1. The van der Waals surface area contributed by atoms with Gasteiger partial charge in [0.25, 0.3) is 0 Å². The molecule has 0 amide bonds. The highest BCUT2D eigenvalue weighted by Gasteiger charge is 2.14. The van der Waals surface area contributed by atoms with Gasteiger partial charge in [-0.05, 0) is 66.7 Å². The van der Waals surface area contributed by atoms with Gasteiger partial charge in [0.1, 0.15) is 11.5 Å². The van der Waals surface area contributed by atoms with E-state index >= 15 is 0 Å². The molecule has 0 aliphatic heterocycles. The maximum Gasteiger partial charge on any atom is 0.171 e. The molecular formula is C21H24O3SSi. The molecule has 1 heterocycles. The number of methoxy groups -OCH3 is 2. The third-order valence-corrected chi connectivity index (χ3v) is 6.09. The van der Waals surface area contributed by atoms with Crippen molar-refractivity contribution in [2.45, 2.75) is 19.7 Å². The van der Waals surface area contributed by atoms with Crippen LogP contribution in [0.4, 0.5) is 0 Å². The van der Waals surface area contributed by atoms with Gasteiger partial charge in [0.15, 0.2) is 9.04 Å². The van der Waals surface area contributed by atoms with E-state index in [1.165, 1.54) is 26.4 Å². The summed E-state index contributed by atoms with van der Waals surface area (Å²) in [7, 11) is 2.33. The number of rotatable bonds is 7. The molecular weight excluding hydrogens is 360 g/mol. The lowest BCUT2D eigenvalue weighted by molar-refractivity contribution is 0.318. The molecule has 2 aromatic carbocycles. The molecule has 0 aliphatic carbocycles. The first kappa shape index (κ1) is 18.7. The van der Waals surface area contributed by atoms with E-state index in [1.54, 1.807) is 25.6 Å². The van der Waals surface area contributed by atoms with Gasteiger partial charge in [0.2, 0.25) is 0 Å². The van der Waals surface area contributed by atoms with E-state index in [0.29, 0.717) is 6.61 Å². The Balaban J connectivity index is 2.01. The zero-order chi connectivity index (χ0) is 18.5. The van der Waals surface area contributed by atoms with Crippen LogP contribution >= 0.6 is 11.3 Å². The van der Waals surface area contributed by atoms with Crippen LogP contribution in [0.15, 0.2) is 54.6 Å². The van der Waals surface area contributed by atoms with Crippen LogP contribution in [0.5, 0.6) is 11.5 Å². The summed E-state index contributed by atoms with van der Waals surface area (Å²) in [5.41, 5.74) is 3.60. The Morgan fingerprint density at radius 2 is 1.35 bits per heavy atom. The van der Waals surface area contributed by atoms with E-state index in [4.69, 9.17) is 13.9 Å². The summed E-state index contributed by atoms with van der Waals surface area (Å²) in [6.07, 6.45) is 0. The van der Waals surface area contributed by atoms with Crippen molar-refractivity contribution in [3.63, 3.8) is 0 Å². The zero-order valence-corrected chi connectivity index (χ0v) is 17.6. The largest absolute Gasteiger partial charge is 0.497 e. The summed E-state index contributed by atoms with van der Waals surface area (Å²) < 4.78 is 16.5. The average molecular weight is 385 g/mol. The Morgan fingerprint density at radius 3 is 1.85 bits per heavy atom. The molecule has 3 nitrogen and oxygen atoms in total. The minimum absolute atomic E-state index is 0.688. The highest BCUT2D eigenvalue weighted by atomic mass is 32.1. The topological polar surface area (TPSA) is 27.7 Å². The van der Waals surface area contributed by atoms with Crippen molar-refractivity contribution >= 4 is 20.4 Å². The molecule has 26 heavy (non-hydrogen) atoms. The second kappa shape index (κ2) is 8.53. The van der Waals surface area contributed by atoms with Gasteiger partial charge < -0.3 is 13.9 Å². The van der Waals surface area contributed by atoms with Crippen LogP contribution in [0.3, 0.4) is 0 Å². The molecule has 0 saturated heterocycles. The lowest BCUT2D eigenvalue weighted by Crippen LogP contribution is -2.06. The summed E-state index contributed by atoms with van der Waals surface area (Å²) in [5, 5.41) is 0. The highest BCUT2D eigenvalue weighted by molar-refractivity contribution is 7.16. The van der Waals surface area contributed by atoms with E-state index < -0.39 is 9.04 Å². The zero-order valence-electron chi connectivity index (χ0n) is 15.6. The van der Waals surface area contributed by atoms with Gasteiger partial charge in [-0.1, -0.05) is 12.1 Å². The fourth-order valence-corrected chi connectivity index (χ4v) is 4.44. The van der Waals surface area contributed by atoms with Gasteiger partial charge >= 0.3 is 0 Å². The van der Waals surface area contributed by atoms with Gasteiger partial charge in [-0.2, -0.15) is 0 Å². The second-order valence-electron chi connectivity index (χ2n) is 6.27. The Bertz CT molecular complexity index is 774. The van der Waals surface area contributed by atoms with Crippen LogP contribution in [-0.4, -0.2) is 23.3 Å². The molecule has 1 aromatic heterocycles. The lowest BCUT2D eigenvalue weighted by atomic mass is 10.0. The molecule has 3 aromatic rings. The van der Waals surface area contributed by atoms with Gasteiger partial charge in [-0.3, -0.25) is 0 Å². The monoisotopic (exact) mass is 384 g/mol. The fourth-order valence-electron chi connectivity index (χ4n) is 2.70. The van der Waals surface area contributed by atoms with Crippen LogP contribution in [0.25, 0.3) is 21.6 Å². The van der Waals surface area contributed by atoms with Crippen LogP contribution in [0.1, 0.15) is 4.88 Å². The Kier molecular flexibility index (Phi) is 6.14. The van der Waals surface area contributed by atoms with Crippen molar-refractivity contribution < 1.29 is 13.9 Å². The molecule has 0 N–H and O–H groups in total. The third kappa shape index (κ3) is 4.36. The van der Waals surface area contributed by atoms with E-state index in [0.717, 1.165) is 11.5 Å². The number of ether oxygens (including phenoxy) is 2. The first-order valence-corrected chi connectivity index (χ1v) is 12.2. The van der Waals surface area contributed by atoms with E-state index in [9.17, 15) is 0 Å². The molecule has 5 heteroatoms. The molecule has 0 atom stereocenters. The number of hydrogen-bond acceptors (Lipinski definition) is 4. The predicted molar refractivity (Wildman–Crippen MR) is 112 cm³/mol. The highest BCUT2D eigenvalue weighted by Crippen LogP contribution is 2.40. The van der Waals surface area contributed by atoms with Crippen molar-refractivity contribution in [2.75, 3.05) is 14.2 Å². The smallest absolute Gasteiger partial charge is 0.171 e. The number of hydrogen-bond donors (Lipinski definition) is 0. The maximum absolute atomic E-state index is 5.95. The van der Waals surface area contributed by atoms with E-state index in [1.807, 2.05) is 24.3 Å². The molecule has 3 rings (SSSR count). The normalized spacial score (nSPS) is 11.0. The number of thiophene rings is 1. The minimum atomic E-state index is -1.04. The van der Waals surface area contributed by atoms with Crippen LogP contribution in [-0.2, 0) is 11.0 Å². The molecule has 0 unspecified atom stereocenters. The summed E-state index contributed by atoms with van der Waals surface area (Å²) >= 11 is 1.80. The lowest BCUT2D eigenvalue weighted by Gasteiger charge is -2.07. The predicted octanol–water partition coefficient (Wildman–Crippen LogP) is 5.60. The maximum atomic E-state index is 5.95.